The molecule has 0 fully saturated rings. The summed E-state index contributed by atoms with van der Waals surface area (Å²) in [5, 5.41) is 1.13. The monoisotopic (exact) mass is 431 g/mol. The van der Waals surface area contributed by atoms with E-state index < -0.39 is 10.0 Å². The molecule has 0 unspecified atom stereocenters. The smallest absolute Gasteiger partial charge is 0.266 e. The van der Waals surface area contributed by atoms with Crippen molar-refractivity contribution in [2.45, 2.75) is 24.9 Å². The molecule has 0 saturated heterocycles. The van der Waals surface area contributed by atoms with Crippen LogP contribution < -0.4 is 5.56 Å². The number of thioether (sulfide) groups is 1. The summed E-state index contributed by atoms with van der Waals surface area (Å²) in [5.74, 6) is 0.612. The van der Waals surface area contributed by atoms with E-state index in [9.17, 15) is 13.2 Å². The first-order chi connectivity index (χ1) is 13.8. The van der Waals surface area contributed by atoms with Crippen LogP contribution in [0.4, 0.5) is 0 Å². The minimum Gasteiger partial charge on any atom is -0.268 e. The number of hydrogen-bond donors (Lipinski definition) is 0. The second-order valence-corrected chi connectivity index (χ2v) is 10.2. The number of benzene rings is 2. The molecule has 8 heteroatoms. The fourth-order valence-electron chi connectivity index (χ4n) is 2.90. The van der Waals surface area contributed by atoms with Crippen molar-refractivity contribution in [1.29, 1.82) is 0 Å². The standard InChI is InChI=1S/C21H25N3O3S2/c1-4-16-10-12-17(13-11-16)24-20(25)18-8-5-6-9-19(18)22-21(24)28-14-7-15-29(26,27)23(2)3/h5-6,8-13H,4,7,14-15H2,1-3H3. The van der Waals surface area contributed by atoms with Gasteiger partial charge in [0.15, 0.2) is 5.16 Å². The number of aryl methyl sites for hydroxylation is 1. The highest BCUT2D eigenvalue weighted by Gasteiger charge is 2.16. The average Bonchev–Trinajstić information content (AvgIpc) is 2.71. The van der Waals surface area contributed by atoms with E-state index in [0.29, 0.717) is 28.2 Å². The normalized spacial score (nSPS) is 12.0. The zero-order chi connectivity index (χ0) is 21.0. The second-order valence-electron chi connectivity index (χ2n) is 6.87. The predicted molar refractivity (Wildman–Crippen MR) is 120 cm³/mol. The molecule has 0 spiro atoms. The summed E-state index contributed by atoms with van der Waals surface area (Å²) in [4.78, 5) is 17.9. The summed E-state index contributed by atoms with van der Waals surface area (Å²) in [5.41, 5.74) is 2.47. The van der Waals surface area contributed by atoms with Crippen LogP contribution >= 0.6 is 11.8 Å². The zero-order valence-electron chi connectivity index (χ0n) is 16.8. The molecule has 3 aromatic rings. The third-order valence-corrected chi connectivity index (χ3v) is 7.62. The summed E-state index contributed by atoms with van der Waals surface area (Å²) in [6, 6.07) is 15.2. The summed E-state index contributed by atoms with van der Waals surface area (Å²) < 4.78 is 26.8. The first kappa shape index (κ1) is 21.5. The molecule has 1 aromatic heterocycles. The molecule has 3 rings (SSSR count). The first-order valence-electron chi connectivity index (χ1n) is 9.47. The maximum atomic E-state index is 13.2. The molecule has 0 aliphatic rings. The predicted octanol–water partition coefficient (Wildman–Crippen LogP) is 3.32. The van der Waals surface area contributed by atoms with E-state index in [1.54, 1.807) is 10.6 Å². The Kier molecular flexibility index (Phi) is 6.77. The van der Waals surface area contributed by atoms with Crippen LogP contribution in [0.5, 0.6) is 0 Å². The Morgan fingerprint density at radius 1 is 1.07 bits per heavy atom. The van der Waals surface area contributed by atoms with E-state index in [2.05, 4.69) is 6.92 Å². The average molecular weight is 432 g/mol. The number of para-hydroxylation sites is 1. The van der Waals surface area contributed by atoms with Gasteiger partial charge in [0.1, 0.15) is 0 Å². The van der Waals surface area contributed by atoms with E-state index >= 15 is 0 Å². The first-order valence-corrected chi connectivity index (χ1v) is 12.1. The minimum atomic E-state index is -3.23. The van der Waals surface area contributed by atoms with Gasteiger partial charge in [-0.25, -0.2) is 17.7 Å². The van der Waals surface area contributed by atoms with E-state index in [0.717, 1.165) is 12.1 Å². The maximum Gasteiger partial charge on any atom is 0.266 e. The van der Waals surface area contributed by atoms with Crippen molar-refractivity contribution in [3.8, 4) is 5.69 Å². The number of aromatic nitrogens is 2. The van der Waals surface area contributed by atoms with Crippen LogP contribution in [0.3, 0.4) is 0 Å². The third-order valence-electron chi connectivity index (χ3n) is 4.68. The quantitative estimate of drug-likeness (QED) is 0.311. The van der Waals surface area contributed by atoms with Crippen molar-refractivity contribution in [2.24, 2.45) is 0 Å². The Morgan fingerprint density at radius 3 is 2.41 bits per heavy atom. The highest BCUT2D eigenvalue weighted by Crippen LogP contribution is 2.22. The Balaban J connectivity index is 1.95. The van der Waals surface area contributed by atoms with Crippen LogP contribution in [-0.4, -0.2) is 47.9 Å². The van der Waals surface area contributed by atoms with Crippen molar-refractivity contribution in [2.75, 3.05) is 25.6 Å². The van der Waals surface area contributed by atoms with Gasteiger partial charge in [-0.05, 0) is 42.7 Å². The van der Waals surface area contributed by atoms with E-state index in [4.69, 9.17) is 4.98 Å². The molecular formula is C21H25N3O3S2. The molecule has 1 heterocycles. The van der Waals surface area contributed by atoms with Gasteiger partial charge in [0, 0.05) is 19.8 Å². The van der Waals surface area contributed by atoms with Crippen LogP contribution in [0.2, 0.25) is 0 Å². The fourth-order valence-corrected chi connectivity index (χ4v) is 4.91. The van der Waals surface area contributed by atoms with Gasteiger partial charge < -0.3 is 0 Å². The van der Waals surface area contributed by atoms with Crippen molar-refractivity contribution in [3.63, 3.8) is 0 Å². The largest absolute Gasteiger partial charge is 0.268 e. The molecule has 0 N–H and O–H groups in total. The molecule has 154 valence electrons. The Hall–Kier alpha value is -2.16. The highest BCUT2D eigenvalue weighted by atomic mass is 32.2. The van der Waals surface area contributed by atoms with Crippen molar-refractivity contribution < 1.29 is 8.42 Å². The fraction of sp³-hybridized carbons (Fsp3) is 0.333. The molecule has 2 aromatic carbocycles. The summed E-state index contributed by atoms with van der Waals surface area (Å²) in [7, 11) is -0.169. The number of fused-ring (bicyclic) bond motifs is 1. The van der Waals surface area contributed by atoms with E-state index in [1.165, 1.54) is 35.7 Å². The number of hydrogen-bond acceptors (Lipinski definition) is 5. The molecule has 29 heavy (non-hydrogen) atoms. The van der Waals surface area contributed by atoms with Crippen LogP contribution in [0, 0.1) is 0 Å². The molecular weight excluding hydrogens is 406 g/mol. The van der Waals surface area contributed by atoms with Gasteiger partial charge in [-0.2, -0.15) is 0 Å². The molecule has 0 aliphatic carbocycles. The van der Waals surface area contributed by atoms with Gasteiger partial charge in [0.05, 0.1) is 22.3 Å². The Bertz CT molecular complexity index is 1150. The topological polar surface area (TPSA) is 72.3 Å². The summed E-state index contributed by atoms with van der Waals surface area (Å²) in [6.45, 7) is 2.09. The zero-order valence-corrected chi connectivity index (χ0v) is 18.5. The lowest BCUT2D eigenvalue weighted by atomic mass is 10.1. The second kappa shape index (κ2) is 9.11. The van der Waals surface area contributed by atoms with E-state index in [-0.39, 0.29) is 11.3 Å². The lowest BCUT2D eigenvalue weighted by Crippen LogP contribution is -2.25. The van der Waals surface area contributed by atoms with Crippen LogP contribution in [0.1, 0.15) is 18.9 Å². The SMILES string of the molecule is CCc1ccc(-n2c(SCCCS(=O)(=O)N(C)C)nc3ccccc3c2=O)cc1. The van der Waals surface area contributed by atoms with Crippen LogP contribution in [-0.2, 0) is 16.4 Å². The van der Waals surface area contributed by atoms with Gasteiger partial charge >= 0.3 is 0 Å². The van der Waals surface area contributed by atoms with Gasteiger partial charge in [-0.15, -0.1) is 0 Å². The lowest BCUT2D eigenvalue weighted by molar-refractivity contribution is 0.520. The molecule has 0 amide bonds. The molecule has 0 aliphatic heterocycles. The van der Waals surface area contributed by atoms with Crippen molar-refractivity contribution >= 4 is 32.7 Å². The van der Waals surface area contributed by atoms with Crippen molar-refractivity contribution in [1.82, 2.24) is 13.9 Å². The van der Waals surface area contributed by atoms with E-state index in [1.807, 2.05) is 42.5 Å². The number of sulfonamides is 1. The summed E-state index contributed by atoms with van der Waals surface area (Å²) >= 11 is 1.40. The lowest BCUT2D eigenvalue weighted by Gasteiger charge is -2.14. The number of rotatable bonds is 8. The molecule has 0 bridgehead atoms. The van der Waals surface area contributed by atoms with Gasteiger partial charge in [0.2, 0.25) is 10.0 Å². The van der Waals surface area contributed by atoms with Gasteiger partial charge in [-0.3, -0.25) is 9.36 Å². The number of nitrogens with zero attached hydrogens (tertiary/aromatic N) is 3. The molecule has 6 nitrogen and oxygen atoms in total. The Labute approximate surface area is 175 Å². The van der Waals surface area contributed by atoms with Crippen molar-refractivity contribution in [3.05, 3.63) is 64.4 Å². The summed E-state index contributed by atoms with van der Waals surface area (Å²) in [6.07, 6.45) is 1.40. The highest BCUT2D eigenvalue weighted by molar-refractivity contribution is 7.99. The maximum absolute atomic E-state index is 13.2. The van der Waals surface area contributed by atoms with Crippen LogP contribution in [0.25, 0.3) is 16.6 Å². The molecule has 0 saturated carbocycles. The van der Waals surface area contributed by atoms with Gasteiger partial charge in [0.25, 0.3) is 5.56 Å². The molecule has 0 atom stereocenters. The third kappa shape index (κ3) is 4.88. The minimum absolute atomic E-state index is 0.0655. The Morgan fingerprint density at radius 2 is 1.76 bits per heavy atom. The molecule has 0 radical (unpaired) electrons. The van der Waals surface area contributed by atoms with Crippen LogP contribution in [0.15, 0.2) is 58.5 Å². The van der Waals surface area contributed by atoms with Gasteiger partial charge in [-0.1, -0.05) is 43.0 Å².